The van der Waals surface area contributed by atoms with Gasteiger partial charge in [0.1, 0.15) is 0 Å². The first-order valence-corrected chi connectivity index (χ1v) is 10.2. The zero-order valence-electron chi connectivity index (χ0n) is 16.8. The molecule has 0 saturated heterocycles. The first-order chi connectivity index (χ1) is 13.9. The maximum atomic E-state index is 12.4. The topological polar surface area (TPSA) is 136 Å². The number of hydrogen-bond acceptors (Lipinski definition) is 7. The molecule has 1 atom stereocenters. The molecule has 0 bridgehead atoms. The number of carbonyl (C=O) groups excluding carboxylic acids is 2. The molecule has 2 aromatic rings. The summed E-state index contributed by atoms with van der Waals surface area (Å²) in [6.07, 6.45) is -1.23. The third-order valence-electron chi connectivity index (χ3n) is 4.19. The highest BCUT2D eigenvalue weighted by molar-refractivity contribution is 7.89. The Morgan fingerprint density at radius 3 is 2.43 bits per heavy atom. The number of sulfonamides is 1. The lowest BCUT2D eigenvalue weighted by Crippen LogP contribution is -2.30. The molecule has 0 aromatic heterocycles. The molecular formula is C19H21N3O7S. The van der Waals surface area contributed by atoms with Gasteiger partial charge in [-0.05, 0) is 37.6 Å². The van der Waals surface area contributed by atoms with Gasteiger partial charge in [-0.3, -0.25) is 14.9 Å². The minimum absolute atomic E-state index is 0.00496. The number of non-ortho nitro benzene ring substituents is 1. The van der Waals surface area contributed by atoms with Gasteiger partial charge in [-0.25, -0.2) is 17.5 Å². The standard InChI is InChI=1S/C19H21N3O7S/c1-12-8-9-16(30(27,28)21(3)4)11-17(12)20-18(23)13(2)29-19(24)14-6-5-7-15(10-14)22(25)26/h5-11,13H,1-4H3,(H,20,23)/t13-/m0/s1. The molecule has 2 rings (SSSR count). The summed E-state index contributed by atoms with van der Waals surface area (Å²) in [5.74, 6) is -1.58. The lowest BCUT2D eigenvalue weighted by molar-refractivity contribution is -0.384. The van der Waals surface area contributed by atoms with E-state index in [1.165, 1.54) is 51.4 Å². The monoisotopic (exact) mass is 435 g/mol. The van der Waals surface area contributed by atoms with Crippen LogP contribution in [0.2, 0.25) is 0 Å². The zero-order valence-corrected chi connectivity index (χ0v) is 17.6. The van der Waals surface area contributed by atoms with Crippen molar-refractivity contribution in [3.63, 3.8) is 0 Å². The van der Waals surface area contributed by atoms with E-state index in [0.717, 1.165) is 10.4 Å². The van der Waals surface area contributed by atoms with Crippen LogP contribution in [0.1, 0.15) is 22.8 Å². The Morgan fingerprint density at radius 2 is 1.83 bits per heavy atom. The van der Waals surface area contributed by atoms with Gasteiger partial charge in [0.05, 0.1) is 15.4 Å². The van der Waals surface area contributed by atoms with Crippen molar-refractivity contribution in [3.8, 4) is 0 Å². The van der Waals surface area contributed by atoms with E-state index in [1.807, 2.05) is 0 Å². The van der Waals surface area contributed by atoms with Crippen LogP contribution in [0.3, 0.4) is 0 Å². The molecule has 0 fully saturated rings. The minimum Gasteiger partial charge on any atom is -0.449 e. The molecule has 1 amide bonds. The highest BCUT2D eigenvalue weighted by Crippen LogP contribution is 2.22. The average Bonchev–Trinajstić information content (AvgIpc) is 2.69. The van der Waals surface area contributed by atoms with E-state index in [4.69, 9.17) is 4.74 Å². The first-order valence-electron chi connectivity index (χ1n) is 8.73. The van der Waals surface area contributed by atoms with Gasteiger partial charge in [0.15, 0.2) is 6.10 Å². The Morgan fingerprint density at radius 1 is 1.17 bits per heavy atom. The number of carbonyl (C=O) groups is 2. The summed E-state index contributed by atoms with van der Waals surface area (Å²) in [6, 6.07) is 9.23. The van der Waals surface area contributed by atoms with E-state index in [2.05, 4.69) is 5.32 Å². The summed E-state index contributed by atoms with van der Waals surface area (Å²) in [7, 11) is -0.913. The number of nitro groups is 1. The van der Waals surface area contributed by atoms with Crippen LogP contribution < -0.4 is 5.32 Å². The number of anilines is 1. The van der Waals surface area contributed by atoms with Gasteiger partial charge in [0.25, 0.3) is 11.6 Å². The van der Waals surface area contributed by atoms with Crippen LogP contribution in [0.4, 0.5) is 11.4 Å². The SMILES string of the molecule is Cc1ccc(S(=O)(=O)N(C)C)cc1NC(=O)[C@H](C)OC(=O)c1cccc([N+](=O)[O-])c1. The molecule has 0 aliphatic heterocycles. The number of ether oxygens (including phenoxy) is 1. The van der Waals surface area contributed by atoms with Gasteiger partial charge in [-0.15, -0.1) is 0 Å². The van der Waals surface area contributed by atoms with Crippen molar-refractivity contribution in [2.45, 2.75) is 24.8 Å². The summed E-state index contributed by atoms with van der Waals surface area (Å²) >= 11 is 0. The smallest absolute Gasteiger partial charge is 0.339 e. The fourth-order valence-electron chi connectivity index (χ4n) is 2.37. The van der Waals surface area contributed by atoms with Crippen molar-refractivity contribution in [3.05, 3.63) is 63.7 Å². The van der Waals surface area contributed by atoms with Crippen molar-refractivity contribution in [2.75, 3.05) is 19.4 Å². The number of nitro benzene ring substituents is 1. The third kappa shape index (κ3) is 5.19. The Kier molecular flexibility index (Phi) is 6.90. The van der Waals surface area contributed by atoms with E-state index in [-0.39, 0.29) is 21.8 Å². The van der Waals surface area contributed by atoms with Gasteiger partial charge in [0.2, 0.25) is 10.0 Å². The molecule has 11 heteroatoms. The number of nitrogens with zero attached hydrogens (tertiary/aromatic N) is 2. The van der Waals surface area contributed by atoms with Gasteiger partial charge < -0.3 is 10.1 Å². The maximum absolute atomic E-state index is 12.4. The van der Waals surface area contributed by atoms with Gasteiger partial charge in [0, 0.05) is 31.9 Å². The summed E-state index contributed by atoms with van der Waals surface area (Å²) in [4.78, 5) is 34.8. The fraction of sp³-hybridized carbons (Fsp3) is 0.263. The number of amides is 1. The second kappa shape index (κ2) is 9.01. The van der Waals surface area contributed by atoms with Gasteiger partial charge in [-0.1, -0.05) is 12.1 Å². The molecule has 160 valence electrons. The summed E-state index contributed by atoms with van der Waals surface area (Å²) in [5, 5.41) is 13.4. The summed E-state index contributed by atoms with van der Waals surface area (Å²) < 4.78 is 30.7. The highest BCUT2D eigenvalue weighted by atomic mass is 32.2. The Balaban J connectivity index is 2.15. The van der Waals surface area contributed by atoms with Crippen LogP contribution in [0.25, 0.3) is 0 Å². The molecule has 2 aromatic carbocycles. The molecule has 1 N–H and O–H groups in total. The molecule has 30 heavy (non-hydrogen) atoms. The predicted octanol–water partition coefficient (Wildman–Crippen LogP) is 2.34. The van der Waals surface area contributed by atoms with E-state index in [0.29, 0.717) is 5.56 Å². The Labute approximate surface area is 173 Å². The lowest BCUT2D eigenvalue weighted by Gasteiger charge is -2.17. The molecule has 0 heterocycles. The second-order valence-corrected chi connectivity index (χ2v) is 8.76. The molecular weight excluding hydrogens is 414 g/mol. The van der Waals surface area contributed by atoms with E-state index >= 15 is 0 Å². The van der Waals surface area contributed by atoms with Crippen LogP contribution in [0, 0.1) is 17.0 Å². The molecule has 0 aliphatic carbocycles. The Hall–Kier alpha value is -3.31. The van der Waals surface area contributed by atoms with Crippen molar-refractivity contribution in [2.24, 2.45) is 0 Å². The highest BCUT2D eigenvalue weighted by Gasteiger charge is 2.23. The van der Waals surface area contributed by atoms with E-state index in [9.17, 15) is 28.1 Å². The van der Waals surface area contributed by atoms with E-state index in [1.54, 1.807) is 13.0 Å². The quantitative estimate of drug-likeness (QED) is 0.400. The van der Waals surface area contributed by atoms with Gasteiger partial charge in [-0.2, -0.15) is 0 Å². The van der Waals surface area contributed by atoms with E-state index < -0.39 is 32.9 Å². The van der Waals surface area contributed by atoms with Crippen molar-refractivity contribution in [1.29, 1.82) is 0 Å². The number of rotatable bonds is 7. The Bertz CT molecular complexity index is 1100. The third-order valence-corrected chi connectivity index (χ3v) is 6.00. The molecule has 0 aliphatic rings. The summed E-state index contributed by atoms with van der Waals surface area (Å²) in [6.45, 7) is 3.02. The van der Waals surface area contributed by atoms with Crippen LogP contribution in [0.5, 0.6) is 0 Å². The zero-order chi connectivity index (χ0) is 22.6. The van der Waals surface area contributed by atoms with Crippen LogP contribution >= 0.6 is 0 Å². The lowest BCUT2D eigenvalue weighted by atomic mass is 10.2. The number of hydrogen-bond donors (Lipinski definition) is 1. The molecule has 10 nitrogen and oxygen atoms in total. The number of benzene rings is 2. The van der Waals surface area contributed by atoms with Crippen LogP contribution in [-0.4, -0.2) is 49.7 Å². The first kappa shape index (κ1) is 23.0. The maximum Gasteiger partial charge on any atom is 0.339 e. The molecule has 0 spiro atoms. The van der Waals surface area contributed by atoms with Crippen molar-refractivity contribution in [1.82, 2.24) is 4.31 Å². The fourth-order valence-corrected chi connectivity index (χ4v) is 3.30. The average molecular weight is 435 g/mol. The van der Waals surface area contributed by atoms with Crippen LogP contribution in [0.15, 0.2) is 47.4 Å². The minimum atomic E-state index is -3.70. The molecule has 0 radical (unpaired) electrons. The number of nitrogens with one attached hydrogen (secondary N) is 1. The largest absolute Gasteiger partial charge is 0.449 e. The van der Waals surface area contributed by atoms with Crippen molar-refractivity contribution < 1.29 is 27.7 Å². The number of aryl methyl sites for hydroxylation is 1. The van der Waals surface area contributed by atoms with Crippen molar-refractivity contribution >= 4 is 33.3 Å². The molecule has 0 saturated carbocycles. The second-order valence-electron chi connectivity index (χ2n) is 6.61. The number of esters is 1. The van der Waals surface area contributed by atoms with Gasteiger partial charge >= 0.3 is 5.97 Å². The van der Waals surface area contributed by atoms with Crippen LogP contribution in [-0.2, 0) is 19.6 Å². The summed E-state index contributed by atoms with van der Waals surface area (Å²) in [5.41, 5.74) is 0.509. The molecule has 0 unspecified atom stereocenters. The predicted molar refractivity (Wildman–Crippen MR) is 109 cm³/mol. The normalized spacial score (nSPS) is 12.3.